The van der Waals surface area contributed by atoms with Crippen molar-refractivity contribution < 1.29 is 27.8 Å². The van der Waals surface area contributed by atoms with E-state index >= 15 is 0 Å². The monoisotopic (exact) mass is 961 g/mol. The van der Waals surface area contributed by atoms with Crippen molar-refractivity contribution in [3.05, 3.63) is 93.7 Å². The number of piperidine rings is 1. The van der Waals surface area contributed by atoms with Gasteiger partial charge in [-0.2, -0.15) is 15.5 Å². The summed E-state index contributed by atoms with van der Waals surface area (Å²) >= 11 is 6.26. The van der Waals surface area contributed by atoms with E-state index in [4.69, 9.17) is 26.2 Å². The van der Waals surface area contributed by atoms with E-state index in [1.165, 1.54) is 12.4 Å². The maximum atomic E-state index is 14.8. The van der Waals surface area contributed by atoms with Crippen LogP contribution in [-0.2, 0) is 31.2 Å². The Kier molecular flexibility index (Phi) is 12.2. The van der Waals surface area contributed by atoms with Crippen molar-refractivity contribution in [3.8, 4) is 29.0 Å². The fraction of sp³-hybridized carbons (Fsp3) is 0.510. The van der Waals surface area contributed by atoms with Crippen molar-refractivity contribution in [2.24, 2.45) is 17.9 Å². The SMILES string of the molecule is CC(=O)N1CCc2c(c(N3CCCc4cc(-c5cnn(C)c5)c(C(F)F)cc43)nn2C2CCN(C3CC(Oc4ncc(C(=O)NC5C(C)(C)C(Oc6ccc(C#N)c(Cl)c6)C5(C)C)cn4)C3)CC2)C1. The topological polar surface area (TPSA) is 160 Å². The summed E-state index contributed by atoms with van der Waals surface area (Å²) in [7, 11) is 1.78. The molecule has 0 atom stereocenters. The van der Waals surface area contributed by atoms with Crippen molar-refractivity contribution in [1.82, 2.24) is 44.6 Å². The molecule has 2 aromatic carbocycles. The molecule has 3 fully saturated rings. The average molecular weight is 963 g/mol. The van der Waals surface area contributed by atoms with Gasteiger partial charge < -0.3 is 24.6 Å². The van der Waals surface area contributed by atoms with Crippen LogP contribution < -0.4 is 19.7 Å². The van der Waals surface area contributed by atoms with Crippen LogP contribution in [0.15, 0.2) is 55.1 Å². The molecule has 3 aromatic heterocycles. The van der Waals surface area contributed by atoms with Crippen molar-refractivity contribution in [3.63, 3.8) is 0 Å². The van der Waals surface area contributed by atoms with Crippen LogP contribution >= 0.6 is 11.6 Å². The zero-order chi connectivity index (χ0) is 48.5. The van der Waals surface area contributed by atoms with Gasteiger partial charge in [-0.25, -0.2) is 18.7 Å². The van der Waals surface area contributed by atoms with Gasteiger partial charge in [0.05, 0.1) is 34.9 Å². The average Bonchev–Trinajstić information content (AvgIpc) is 3.93. The standard InChI is InChI=1S/C51H58ClF2N11O4/c1-29(66)63-17-13-42-40(28-63)45(64-14-7-8-30-18-38(33-26-58-61(6)27-33)39(44(53)54)22-43(30)64)60-65(42)34-11-15-62(16-12-34)35-19-37(20-35)69-49-56-24-32(25-57-49)46(67)59-47-50(2,3)48(51(47,4)5)68-36-10-9-31(23-55)41(52)21-36/h9-10,18,21-22,24-27,34-35,37,44,47-48H,7-8,11-17,19-20,28H2,1-6H3,(H,59,67). The van der Waals surface area contributed by atoms with Crippen molar-refractivity contribution in [2.75, 3.05) is 31.1 Å². The third-order valence-electron chi connectivity index (χ3n) is 15.4. The summed E-state index contributed by atoms with van der Waals surface area (Å²) in [6.07, 6.45) is 9.30. The number of hydrogen-bond acceptors (Lipinski definition) is 11. The normalized spacial score (nSPS) is 23.0. The van der Waals surface area contributed by atoms with Crippen LogP contribution in [-0.4, -0.2) is 102 Å². The van der Waals surface area contributed by atoms with Crippen LogP contribution in [0.25, 0.3) is 11.1 Å². The molecule has 0 radical (unpaired) electrons. The first-order valence-electron chi connectivity index (χ1n) is 24.0. The first-order chi connectivity index (χ1) is 33.0. The maximum absolute atomic E-state index is 14.8. The highest BCUT2D eigenvalue weighted by Crippen LogP contribution is 2.56. The Balaban J connectivity index is 0.754. The molecule has 18 heteroatoms. The zero-order valence-electron chi connectivity index (χ0n) is 39.9. The number of benzene rings is 2. The predicted octanol–water partition coefficient (Wildman–Crippen LogP) is 8.38. The molecule has 362 valence electrons. The molecule has 69 heavy (non-hydrogen) atoms. The quantitative estimate of drug-likeness (QED) is 0.136. The molecule has 3 aliphatic heterocycles. The van der Waals surface area contributed by atoms with Crippen LogP contribution in [0.5, 0.6) is 11.8 Å². The van der Waals surface area contributed by atoms with Gasteiger partial charge in [0.2, 0.25) is 5.91 Å². The maximum Gasteiger partial charge on any atom is 0.316 e. The molecule has 5 aliphatic rings. The first kappa shape index (κ1) is 46.6. The summed E-state index contributed by atoms with van der Waals surface area (Å²) in [5, 5.41) is 22.3. The number of halogens is 3. The Hall–Kier alpha value is -6.12. The number of hydrogen-bond donors (Lipinski definition) is 1. The number of amides is 2. The summed E-state index contributed by atoms with van der Waals surface area (Å²) in [6.45, 7) is 13.3. The second kappa shape index (κ2) is 18.0. The third kappa shape index (κ3) is 8.57. The van der Waals surface area contributed by atoms with E-state index in [9.17, 15) is 23.6 Å². The Labute approximate surface area is 405 Å². The number of fused-ring (bicyclic) bond motifs is 2. The van der Waals surface area contributed by atoms with E-state index in [2.05, 4.69) is 68.6 Å². The Morgan fingerprint density at radius 3 is 2.35 bits per heavy atom. The fourth-order valence-electron chi connectivity index (χ4n) is 12.0. The first-order valence-corrected chi connectivity index (χ1v) is 24.3. The highest BCUT2D eigenvalue weighted by Gasteiger charge is 2.64. The van der Waals surface area contributed by atoms with Crippen LogP contribution in [0, 0.1) is 22.2 Å². The minimum absolute atomic E-state index is 0.00914. The van der Waals surface area contributed by atoms with E-state index in [0.29, 0.717) is 65.1 Å². The van der Waals surface area contributed by atoms with Crippen LogP contribution in [0.2, 0.25) is 5.02 Å². The van der Waals surface area contributed by atoms with Crippen LogP contribution in [0.3, 0.4) is 0 Å². The molecule has 0 unspecified atom stereocenters. The molecule has 2 saturated carbocycles. The number of aryl methyl sites for hydroxylation is 2. The largest absolute Gasteiger partial charge is 0.489 e. The summed E-state index contributed by atoms with van der Waals surface area (Å²) < 4.78 is 45.9. The number of carbonyl (C=O) groups is 2. The lowest BCUT2D eigenvalue weighted by Gasteiger charge is -2.63. The molecule has 1 N–H and O–H groups in total. The van der Waals surface area contributed by atoms with Gasteiger partial charge in [-0.05, 0) is 61.1 Å². The zero-order valence-corrected chi connectivity index (χ0v) is 40.6. The molecule has 1 saturated heterocycles. The fourth-order valence-corrected chi connectivity index (χ4v) is 12.2. The highest BCUT2D eigenvalue weighted by molar-refractivity contribution is 6.31. The van der Waals surface area contributed by atoms with Gasteiger partial charge in [0.25, 0.3) is 12.3 Å². The van der Waals surface area contributed by atoms with E-state index in [0.717, 1.165) is 79.9 Å². The number of alkyl halides is 2. The lowest BCUT2D eigenvalue weighted by molar-refractivity contribution is -0.164. The number of carbonyl (C=O) groups excluding carboxylic acids is 2. The van der Waals surface area contributed by atoms with Gasteiger partial charge in [0, 0.05) is 135 Å². The summed E-state index contributed by atoms with van der Waals surface area (Å²) in [6, 6.07) is 11.2. The molecule has 0 spiro atoms. The van der Waals surface area contributed by atoms with Gasteiger partial charge in [0.1, 0.15) is 24.0 Å². The van der Waals surface area contributed by atoms with Crippen LogP contribution in [0.1, 0.15) is 117 Å². The number of nitrogens with one attached hydrogen (secondary N) is 1. The number of nitrogens with zero attached hydrogens (tertiary/aromatic N) is 10. The minimum atomic E-state index is -2.67. The lowest BCUT2D eigenvalue weighted by atomic mass is 9.49. The van der Waals surface area contributed by atoms with E-state index in [1.807, 2.05) is 11.0 Å². The molecule has 0 bridgehead atoms. The third-order valence-corrected chi connectivity index (χ3v) is 15.7. The van der Waals surface area contributed by atoms with E-state index < -0.39 is 17.3 Å². The Morgan fingerprint density at radius 2 is 1.70 bits per heavy atom. The van der Waals surface area contributed by atoms with E-state index in [-0.39, 0.29) is 47.7 Å². The van der Waals surface area contributed by atoms with Gasteiger partial charge in [-0.15, -0.1) is 0 Å². The summed E-state index contributed by atoms with van der Waals surface area (Å²) in [5.74, 6) is 1.07. The number of ether oxygens (including phenoxy) is 2. The summed E-state index contributed by atoms with van der Waals surface area (Å²) in [5.41, 5.74) is 4.94. The Bertz CT molecular complexity index is 2810. The minimum Gasteiger partial charge on any atom is -0.489 e. The number of likely N-dealkylation sites (tertiary alicyclic amines) is 1. The molecule has 15 nitrogen and oxygen atoms in total. The second-order valence-electron chi connectivity index (χ2n) is 20.6. The van der Waals surface area contributed by atoms with E-state index in [1.54, 1.807) is 55.3 Å². The number of anilines is 2. The molecule has 2 amide bonds. The lowest BCUT2D eigenvalue weighted by Crippen LogP contribution is -2.74. The van der Waals surface area contributed by atoms with Gasteiger partial charge in [-0.1, -0.05) is 39.3 Å². The molecule has 6 heterocycles. The van der Waals surface area contributed by atoms with Gasteiger partial charge >= 0.3 is 6.01 Å². The van der Waals surface area contributed by atoms with Gasteiger partial charge in [-0.3, -0.25) is 23.9 Å². The molecular formula is C51H58ClF2N11O4. The summed E-state index contributed by atoms with van der Waals surface area (Å²) in [4.78, 5) is 41.5. The molecular weight excluding hydrogens is 904 g/mol. The highest BCUT2D eigenvalue weighted by atomic mass is 35.5. The molecule has 10 rings (SSSR count). The van der Waals surface area contributed by atoms with Crippen molar-refractivity contribution in [2.45, 2.75) is 123 Å². The smallest absolute Gasteiger partial charge is 0.316 e. The van der Waals surface area contributed by atoms with Crippen LogP contribution in [0.4, 0.5) is 20.3 Å². The van der Waals surface area contributed by atoms with Gasteiger partial charge in [0.15, 0.2) is 5.82 Å². The molecule has 5 aromatic rings. The predicted molar refractivity (Wildman–Crippen MR) is 255 cm³/mol. The Morgan fingerprint density at radius 1 is 0.957 bits per heavy atom. The number of rotatable bonds is 11. The number of nitriles is 1. The van der Waals surface area contributed by atoms with Crippen molar-refractivity contribution >= 4 is 34.9 Å². The second-order valence-corrected chi connectivity index (χ2v) is 21.0. The van der Waals surface area contributed by atoms with Crippen molar-refractivity contribution in [1.29, 1.82) is 5.26 Å². The molecule has 2 aliphatic carbocycles. The number of aromatic nitrogens is 6.